The molecule has 7 heteroatoms. The lowest BCUT2D eigenvalue weighted by Gasteiger charge is -2.31. The molecule has 1 aliphatic heterocycles. The van der Waals surface area contributed by atoms with Crippen molar-refractivity contribution in [1.82, 2.24) is 14.9 Å². The van der Waals surface area contributed by atoms with Crippen LogP contribution in [-0.2, 0) is 6.54 Å². The molecule has 0 spiro atoms. The maximum atomic E-state index is 10.7. The number of likely N-dealkylation sites (tertiary alicyclic amines) is 1. The van der Waals surface area contributed by atoms with Crippen molar-refractivity contribution in [1.29, 1.82) is 0 Å². The highest BCUT2D eigenvalue weighted by atomic mass is 32.1. The maximum absolute atomic E-state index is 10.7. The highest BCUT2D eigenvalue weighted by Gasteiger charge is 2.19. The largest absolute Gasteiger partial charge is 0.476 e. The summed E-state index contributed by atoms with van der Waals surface area (Å²) >= 11 is 1.82. The molecule has 0 radical (unpaired) electrons. The van der Waals surface area contributed by atoms with E-state index in [1.807, 2.05) is 11.3 Å². The molecule has 23 heavy (non-hydrogen) atoms. The SMILES string of the molecule is O=C(O)c1cnc(NCC2CCN(Cc3cccs3)CC2)cn1. The van der Waals surface area contributed by atoms with Crippen LogP contribution in [0.2, 0.25) is 0 Å². The van der Waals surface area contributed by atoms with Crippen molar-refractivity contribution < 1.29 is 9.90 Å². The van der Waals surface area contributed by atoms with Gasteiger partial charge in [0.15, 0.2) is 5.69 Å². The number of hydrogen-bond donors (Lipinski definition) is 2. The number of hydrogen-bond acceptors (Lipinski definition) is 6. The Morgan fingerprint density at radius 1 is 1.35 bits per heavy atom. The summed E-state index contributed by atoms with van der Waals surface area (Å²) in [5, 5.41) is 14.2. The number of piperidine rings is 1. The van der Waals surface area contributed by atoms with E-state index in [-0.39, 0.29) is 5.69 Å². The highest BCUT2D eigenvalue weighted by molar-refractivity contribution is 7.09. The summed E-state index contributed by atoms with van der Waals surface area (Å²) in [6.07, 6.45) is 5.10. The molecule has 3 heterocycles. The zero-order valence-electron chi connectivity index (χ0n) is 12.8. The first-order valence-corrected chi connectivity index (χ1v) is 8.62. The quantitative estimate of drug-likeness (QED) is 0.846. The van der Waals surface area contributed by atoms with E-state index in [1.54, 1.807) is 0 Å². The molecule has 1 aliphatic rings. The number of rotatable bonds is 6. The van der Waals surface area contributed by atoms with Gasteiger partial charge in [0.05, 0.1) is 12.4 Å². The number of carbonyl (C=O) groups is 1. The van der Waals surface area contributed by atoms with Crippen molar-refractivity contribution in [2.24, 2.45) is 5.92 Å². The van der Waals surface area contributed by atoms with E-state index < -0.39 is 5.97 Å². The van der Waals surface area contributed by atoms with Crippen LogP contribution in [0.25, 0.3) is 0 Å². The second-order valence-electron chi connectivity index (χ2n) is 5.77. The summed E-state index contributed by atoms with van der Waals surface area (Å²) in [5.41, 5.74) is -0.0302. The van der Waals surface area contributed by atoms with Gasteiger partial charge in [0.25, 0.3) is 0 Å². The highest BCUT2D eigenvalue weighted by Crippen LogP contribution is 2.21. The Hall–Kier alpha value is -1.99. The Bertz CT molecular complexity index is 622. The molecule has 0 amide bonds. The van der Waals surface area contributed by atoms with Crippen molar-refractivity contribution in [3.05, 3.63) is 40.5 Å². The second kappa shape index (κ2) is 7.52. The normalized spacial score (nSPS) is 16.3. The molecule has 122 valence electrons. The second-order valence-corrected chi connectivity index (χ2v) is 6.80. The lowest BCUT2D eigenvalue weighted by atomic mass is 9.97. The van der Waals surface area contributed by atoms with Crippen LogP contribution in [0.1, 0.15) is 28.2 Å². The first-order chi connectivity index (χ1) is 11.2. The van der Waals surface area contributed by atoms with Crippen molar-refractivity contribution in [2.45, 2.75) is 19.4 Å². The van der Waals surface area contributed by atoms with E-state index in [4.69, 9.17) is 5.11 Å². The summed E-state index contributed by atoms with van der Waals surface area (Å²) in [6.45, 7) is 4.15. The van der Waals surface area contributed by atoms with Gasteiger partial charge in [-0.05, 0) is 43.3 Å². The van der Waals surface area contributed by atoms with Crippen molar-refractivity contribution >= 4 is 23.1 Å². The lowest BCUT2D eigenvalue weighted by Crippen LogP contribution is -2.35. The Morgan fingerprint density at radius 2 is 2.17 bits per heavy atom. The fourth-order valence-corrected chi connectivity index (χ4v) is 3.50. The molecule has 1 fully saturated rings. The third-order valence-electron chi connectivity index (χ3n) is 4.11. The van der Waals surface area contributed by atoms with E-state index in [2.05, 4.69) is 37.7 Å². The molecular weight excluding hydrogens is 312 g/mol. The van der Waals surface area contributed by atoms with Gasteiger partial charge in [0, 0.05) is 18.0 Å². The summed E-state index contributed by atoms with van der Waals surface area (Å²) in [7, 11) is 0. The third kappa shape index (κ3) is 4.49. The Balaban J connectivity index is 1.41. The predicted molar refractivity (Wildman–Crippen MR) is 89.8 cm³/mol. The number of aromatic nitrogens is 2. The van der Waals surface area contributed by atoms with E-state index in [9.17, 15) is 4.79 Å². The molecule has 0 atom stereocenters. The van der Waals surface area contributed by atoms with Gasteiger partial charge in [-0.15, -0.1) is 11.3 Å². The van der Waals surface area contributed by atoms with Crippen LogP contribution in [0.4, 0.5) is 5.82 Å². The van der Waals surface area contributed by atoms with Crippen LogP contribution in [0.5, 0.6) is 0 Å². The molecule has 0 unspecified atom stereocenters. The molecule has 1 saturated heterocycles. The molecule has 6 nitrogen and oxygen atoms in total. The Labute approximate surface area is 139 Å². The summed E-state index contributed by atoms with van der Waals surface area (Å²) in [4.78, 5) is 22.6. The fraction of sp³-hybridized carbons (Fsp3) is 0.438. The van der Waals surface area contributed by atoms with Gasteiger partial charge in [-0.3, -0.25) is 4.90 Å². The van der Waals surface area contributed by atoms with E-state index >= 15 is 0 Å². The van der Waals surface area contributed by atoms with Crippen LogP contribution in [-0.4, -0.2) is 45.6 Å². The Morgan fingerprint density at radius 3 is 2.78 bits per heavy atom. The molecule has 2 N–H and O–H groups in total. The molecule has 0 saturated carbocycles. The lowest BCUT2D eigenvalue weighted by molar-refractivity contribution is 0.0690. The van der Waals surface area contributed by atoms with E-state index in [0.29, 0.717) is 11.7 Å². The third-order valence-corrected chi connectivity index (χ3v) is 4.97. The number of carboxylic acids is 1. The van der Waals surface area contributed by atoms with Crippen molar-refractivity contribution in [2.75, 3.05) is 25.0 Å². The van der Waals surface area contributed by atoms with Crippen molar-refractivity contribution in [3.63, 3.8) is 0 Å². The number of anilines is 1. The predicted octanol–water partition coefficient (Wildman–Crippen LogP) is 2.56. The molecular formula is C16H20N4O2S. The van der Waals surface area contributed by atoms with Gasteiger partial charge >= 0.3 is 5.97 Å². The van der Waals surface area contributed by atoms with Gasteiger partial charge < -0.3 is 10.4 Å². The first-order valence-electron chi connectivity index (χ1n) is 7.74. The average molecular weight is 332 g/mol. The van der Waals surface area contributed by atoms with Crippen LogP contribution in [0.15, 0.2) is 29.9 Å². The molecule has 0 bridgehead atoms. The van der Waals surface area contributed by atoms with E-state index in [0.717, 1.165) is 26.2 Å². The van der Waals surface area contributed by atoms with Gasteiger partial charge in [0.1, 0.15) is 5.82 Å². The smallest absolute Gasteiger partial charge is 0.356 e. The fourth-order valence-electron chi connectivity index (χ4n) is 2.75. The van der Waals surface area contributed by atoms with Gasteiger partial charge in [-0.25, -0.2) is 14.8 Å². The zero-order chi connectivity index (χ0) is 16.1. The van der Waals surface area contributed by atoms with Gasteiger partial charge in [0.2, 0.25) is 0 Å². The minimum Gasteiger partial charge on any atom is -0.476 e. The molecule has 0 aliphatic carbocycles. The number of carboxylic acid groups (broad SMARTS) is 1. The zero-order valence-corrected chi connectivity index (χ0v) is 13.6. The standard InChI is InChI=1S/C16H20N4O2S/c21-16(22)14-9-19-15(10-17-14)18-8-12-3-5-20(6-4-12)11-13-2-1-7-23-13/h1-2,7,9-10,12H,3-6,8,11H2,(H,18,19)(H,21,22). The number of aromatic carboxylic acids is 1. The Kier molecular flexibility index (Phi) is 5.19. The molecule has 2 aromatic rings. The maximum Gasteiger partial charge on any atom is 0.356 e. The first kappa shape index (κ1) is 15.9. The van der Waals surface area contributed by atoms with Crippen LogP contribution >= 0.6 is 11.3 Å². The molecule has 3 rings (SSSR count). The summed E-state index contributed by atoms with van der Waals surface area (Å²) in [6, 6.07) is 4.30. The molecule has 2 aromatic heterocycles. The molecule has 0 aromatic carbocycles. The monoisotopic (exact) mass is 332 g/mol. The van der Waals surface area contributed by atoms with Crippen molar-refractivity contribution in [3.8, 4) is 0 Å². The van der Waals surface area contributed by atoms with E-state index in [1.165, 1.54) is 30.1 Å². The number of thiophene rings is 1. The number of nitrogens with one attached hydrogen (secondary N) is 1. The van der Waals surface area contributed by atoms with Crippen LogP contribution < -0.4 is 5.32 Å². The van der Waals surface area contributed by atoms with Gasteiger partial charge in [-0.2, -0.15) is 0 Å². The number of nitrogens with zero attached hydrogens (tertiary/aromatic N) is 3. The summed E-state index contributed by atoms with van der Waals surface area (Å²) < 4.78 is 0. The average Bonchev–Trinajstić information content (AvgIpc) is 3.07. The van der Waals surface area contributed by atoms with Gasteiger partial charge in [-0.1, -0.05) is 6.07 Å². The van der Waals surface area contributed by atoms with Crippen LogP contribution in [0.3, 0.4) is 0 Å². The summed E-state index contributed by atoms with van der Waals surface area (Å²) in [5.74, 6) is 0.203. The van der Waals surface area contributed by atoms with Crippen LogP contribution in [0, 0.1) is 5.92 Å². The minimum atomic E-state index is -1.05. The topological polar surface area (TPSA) is 78.3 Å². The minimum absolute atomic E-state index is 0.0302.